The molecule has 0 fully saturated rings. The van der Waals surface area contributed by atoms with E-state index in [1.165, 1.54) is 11.1 Å². The zero-order valence-corrected chi connectivity index (χ0v) is 13.6. The van der Waals surface area contributed by atoms with Crippen molar-refractivity contribution in [3.8, 4) is 0 Å². The van der Waals surface area contributed by atoms with E-state index >= 15 is 0 Å². The van der Waals surface area contributed by atoms with Crippen molar-refractivity contribution in [2.24, 2.45) is 0 Å². The van der Waals surface area contributed by atoms with Crippen LogP contribution in [0.3, 0.4) is 0 Å². The van der Waals surface area contributed by atoms with E-state index in [1.807, 2.05) is 11.9 Å². The highest BCUT2D eigenvalue weighted by atomic mass is 35.5. The minimum absolute atomic E-state index is 0.190. The molecule has 5 nitrogen and oxygen atoms in total. The minimum Gasteiger partial charge on any atom is -0.354 e. The molecule has 0 saturated carbocycles. The third kappa shape index (κ3) is 4.04. The van der Waals surface area contributed by atoms with Crippen LogP contribution in [0.1, 0.15) is 24.5 Å². The zero-order valence-electron chi connectivity index (χ0n) is 12.8. The lowest BCUT2D eigenvalue weighted by Crippen LogP contribution is -2.16. The Labute approximate surface area is 130 Å². The fourth-order valence-corrected chi connectivity index (χ4v) is 2.22. The Kier molecular flexibility index (Phi) is 4.96. The van der Waals surface area contributed by atoms with E-state index in [0.29, 0.717) is 11.9 Å². The van der Waals surface area contributed by atoms with Crippen LogP contribution < -0.4 is 10.2 Å². The third-order valence-electron chi connectivity index (χ3n) is 3.02. The maximum Gasteiger partial charge on any atom is 0.235 e. The summed E-state index contributed by atoms with van der Waals surface area (Å²) >= 11 is 5.99. The molecule has 2 aromatic rings. The van der Waals surface area contributed by atoms with E-state index in [-0.39, 0.29) is 5.28 Å². The standard InChI is InChI=1S/C15H20ClN5/c1-5-6-17-14-18-13(16)19-15(20-14)21(4)12-8-10(2)7-11(3)9-12/h7-9H,5-6H2,1-4H3,(H,17,18,19,20). The van der Waals surface area contributed by atoms with Gasteiger partial charge in [-0.05, 0) is 55.1 Å². The summed E-state index contributed by atoms with van der Waals surface area (Å²) in [6.07, 6.45) is 0.992. The van der Waals surface area contributed by atoms with E-state index in [4.69, 9.17) is 11.6 Å². The molecule has 1 heterocycles. The fourth-order valence-electron chi connectivity index (χ4n) is 2.07. The van der Waals surface area contributed by atoms with Crippen LogP contribution in [-0.2, 0) is 0 Å². The van der Waals surface area contributed by atoms with Gasteiger partial charge in [-0.2, -0.15) is 15.0 Å². The van der Waals surface area contributed by atoms with Gasteiger partial charge in [-0.15, -0.1) is 0 Å². The molecule has 0 atom stereocenters. The van der Waals surface area contributed by atoms with Gasteiger partial charge in [0, 0.05) is 19.3 Å². The monoisotopic (exact) mass is 305 g/mol. The molecule has 0 bridgehead atoms. The van der Waals surface area contributed by atoms with Gasteiger partial charge >= 0.3 is 0 Å². The van der Waals surface area contributed by atoms with E-state index in [1.54, 1.807) is 0 Å². The number of rotatable bonds is 5. The van der Waals surface area contributed by atoms with Gasteiger partial charge in [0.2, 0.25) is 17.2 Å². The number of nitrogens with one attached hydrogen (secondary N) is 1. The number of halogens is 1. The molecule has 1 aromatic heterocycles. The highest BCUT2D eigenvalue weighted by Crippen LogP contribution is 2.24. The summed E-state index contributed by atoms with van der Waals surface area (Å²) in [4.78, 5) is 14.6. The summed E-state index contributed by atoms with van der Waals surface area (Å²) in [5.41, 5.74) is 3.42. The molecule has 112 valence electrons. The average Bonchev–Trinajstić information content (AvgIpc) is 2.42. The number of anilines is 3. The molecule has 0 saturated heterocycles. The van der Waals surface area contributed by atoms with Crippen LogP contribution in [0.15, 0.2) is 18.2 Å². The molecular formula is C15H20ClN5. The lowest BCUT2D eigenvalue weighted by Gasteiger charge is -2.19. The van der Waals surface area contributed by atoms with E-state index in [9.17, 15) is 0 Å². The predicted molar refractivity (Wildman–Crippen MR) is 87.6 cm³/mol. The first kappa shape index (κ1) is 15.5. The second kappa shape index (κ2) is 6.72. The molecule has 0 unspecified atom stereocenters. The Morgan fingerprint density at radius 3 is 2.38 bits per heavy atom. The first-order valence-corrected chi connectivity index (χ1v) is 7.35. The lowest BCUT2D eigenvalue weighted by molar-refractivity contribution is 0.926. The Bertz CT molecular complexity index is 609. The van der Waals surface area contributed by atoms with Gasteiger partial charge in [0.25, 0.3) is 0 Å². The van der Waals surface area contributed by atoms with Crippen molar-refractivity contribution in [2.75, 3.05) is 23.8 Å². The second-order valence-corrected chi connectivity index (χ2v) is 5.40. The molecule has 0 aliphatic rings. The maximum absolute atomic E-state index is 5.99. The summed E-state index contributed by atoms with van der Waals surface area (Å²) in [5.74, 6) is 1.03. The fraction of sp³-hybridized carbons (Fsp3) is 0.400. The lowest BCUT2D eigenvalue weighted by atomic mass is 10.1. The molecule has 0 amide bonds. The second-order valence-electron chi connectivity index (χ2n) is 5.06. The summed E-state index contributed by atoms with van der Waals surface area (Å²) in [5, 5.41) is 3.32. The van der Waals surface area contributed by atoms with Crippen LogP contribution in [0.25, 0.3) is 0 Å². The van der Waals surface area contributed by atoms with Crippen molar-refractivity contribution in [1.29, 1.82) is 0 Å². The van der Waals surface area contributed by atoms with Crippen LogP contribution in [-0.4, -0.2) is 28.5 Å². The number of nitrogens with zero attached hydrogens (tertiary/aromatic N) is 4. The van der Waals surface area contributed by atoms with Gasteiger partial charge in [-0.3, -0.25) is 0 Å². The molecule has 2 rings (SSSR count). The normalized spacial score (nSPS) is 10.5. The number of hydrogen-bond donors (Lipinski definition) is 1. The number of hydrogen-bond acceptors (Lipinski definition) is 5. The van der Waals surface area contributed by atoms with Crippen LogP contribution in [0.2, 0.25) is 5.28 Å². The van der Waals surface area contributed by atoms with Gasteiger partial charge in [0.1, 0.15) is 0 Å². The summed E-state index contributed by atoms with van der Waals surface area (Å²) < 4.78 is 0. The first-order chi connectivity index (χ1) is 9.99. The molecule has 1 aromatic carbocycles. The van der Waals surface area contributed by atoms with E-state index in [2.05, 4.69) is 59.2 Å². The van der Waals surface area contributed by atoms with Crippen molar-refractivity contribution in [1.82, 2.24) is 15.0 Å². The Morgan fingerprint density at radius 1 is 1.10 bits per heavy atom. The number of benzene rings is 1. The molecule has 0 aliphatic carbocycles. The smallest absolute Gasteiger partial charge is 0.235 e. The largest absolute Gasteiger partial charge is 0.354 e. The highest BCUT2D eigenvalue weighted by molar-refractivity contribution is 6.28. The topological polar surface area (TPSA) is 53.9 Å². The van der Waals surface area contributed by atoms with Gasteiger partial charge < -0.3 is 10.2 Å². The average molecular weight is 306 g/mol. The predicted octanol–water partition coefficient (Wildman–Crippen LogP) is 3.73. The van der Waals surface area contributed by atoms with Crippen LogP contribution in [0.5, 0.6) is 0 Å². The minimum atomic E-state index is 0.190. The quantitative estimate of drug-likeness (QED) is 0.912. The maximum atomic E-state index is 5.99. The van der Waals surface area contributed by atoms with Crippen molar-refractivity contribution in [2.45, 2.75) is 27.2 Å². The summed E-state index contributed by atoms with van der Waals surface area (Å²) in [6.45, 7) is 7.02. The number of aromatic nitrogens is 3. The molecule has 0 spiro atoms. The highest BCUT2D eigenvalue weighted by Gasteiger charge is 2.11. The van der Waals surface area contributed by atoms with E-state index < -0.39 is 0 Å². The van der Waals surface area contributed by atoms with Crippen molar-refractivity contribution < 1.29 is 0 Å². The SMILES string of the molecule is CCCNc1nc(Cl)nc(N(C)c2cc(C)cc(C)c2)n1. The molecule has 6 heteroatoms. The van der Waals surface area contributed by atoms with Gasteiger partial charge in [0.05, 0.1) is 0 Å². The third-order valence-corrected chi connectivity index (χ3v) is 3.19. The van der Waals surface area contributed by atoms with Crippen molar-refractivity contribution in [3.05, 3.63) is 34.6 Å². The van der Waals surface area contributed by atoms with Gasteiger partial charge in [-0.25, -0.2) is 0 Å². The van der Waals surface area contributed by atoms with Gasteiger partial charge in [0.15, 0.2) is 0 Å². The Morgan fingerprint density at radius 2 is 1.76 bits per heavy atom. The molecule has 0 radical (unpaired) electrons. The van der Waals surface area contributed by atoms with Crippen LogP contribution >= 0.6 is 11.6 Å². The van der Waals surface area contributed by atoms with Crippen molar-refractivity contribution >= 4 is 29.2 Å². The molecule has 1 N–H and O–H groups in total. The first-order valence-electron chi connectivity index (χ1n) is 6.97. The van der Waals surface area contributed by atoms with Crippen molar-refractivity contribution in [3.63, 3.8) is 0 Å². The Balaban J connectivity index is 2.33. The molecule has 21 heavy (non-hydrogen) atoms. The van der Waals surface area contributed by atoms with Crippen LogP contribution in [0, 0.1) is 13.8 Å². The Hall–Kier alpha value is -1.88. The number of aryl methyl sites for hydroxylation is 2. The van der Waals surface area contributed by atoms with E-state index in [0.717, 1.165) is 18.7 Å². The molecule has 0 aliphatic heterocycles. The summed E-state index contributed by atoms with van der Waals surface area (Å²) in [7, 11) is 1.92. The van der Waals surface area contributed by atoms with Gasteiger partial charge in [-0.1, -0.05) is 13.0 Å². The van der Waals surface area contributed by atoms with Crippen LogP contribution in [0.4, 0.5) is 17.6 Å². The summed E-state index contributed by atoms with van der Waals surface area (Å²) in [6, 6.07) is 6.31. The molecular weight excluding hydrogens is 286 g/mol. The zero-order chi connectivity index (χ0) is 15.4.